The third-order valence-electron chi connectivity index (χ3n) is 3.05. The summed E-state index contributed by atoms with van der Waals surface area (Å²) in [4.78, 5) is 4.08. The summed E-state index contributed by atoms with van der Waals surface area (Å²) in [6.45, 7) is 3.53. The third kappa shape index (κ3) is 2.19. The number of aryl methyl sites for hydroxylation is 1. The molecule has 0 spiro atoms. The van der Waals surface area contributed by atoms with Crippen molar-refractivity contribution in [1.29, 1.82) is 0 Å². The molecule has 1 aromatic rings. The highest BCUT2D eigenvalue weighted by molar-refractivity contribution is 5.26. The molecule has 2 heterocycles. The Kier molecular flexibility index (Phi) is 3.34. The van der Waals surface area contributed by atoms with Crippen LogP contribution in [0.25, 0.3) is 0 Å². The lowest BCUT2D eigenvalue weighted by atomic mass is 9.92. The number of aliphatic hydroxyl groups is 1. The van der Waals surface area contributed by atoms with Gasteiger partial charge in [0.1, 0.15) is 0 Å². The minimum Gasteiger partial charge on any atom is -0.388 e. The third-order valence-corrected chi connectivity index (χ3v) is 3.05. The predicted octanol–water partition coefficient (Wildman–Crippen LogP) is 1.71. The second kappa shape index (κ2) is 4.73. The molecular formula is C12H17NO2. The second-order valence-electron chi connectivity index (χ2n) is 4.00. The molecule has 0 aliphatic carbocycles. The molecule has 1 N–H and O–H groups in total. The van der Waals surface area contributed by atoms with Gasteiger partial charge in [0, 0.05) is 24.9 Å². The van der Waals surface area contributed by atoms with Crippen molar-refractivity contribution >= 4 is 0 Å². The molecule has 0 aromatic carbocycles. The highest BCUT2D eigenvalue weighted by Gasteiger charge is 2.26. The number of aromatic nitrogens is 1. The van der Waals surface area contributed by atoms with E-state index in [0.29, 0.717) is 6.61 Å². The second-order valence-corrected chi connectivity index (χ2v) is 4.00. The topological polar surface area (TPSA) is 42.4 Å². The number of ether oxygens (including phenoxy) is 1. The van der Waals surface area contributed by atoms with Crippen LogP contribution in [0.3, 0.4) is 0 Å². The van der Waals surface area contributed by atoms with Crippen molar-refractivity contribution in [2.75, 3.05) is 13.2 Å². The van der Waals surface area contributed by atoms with E-state index in [1.165, 1.54) is 0 Å². The van der Waals surface area contributed by atoms with Crippen LogP contribution in [0, 0.1) is 5.92 Å². The zero-order valence-electron chi connectivity index (χ0n) is 9.02. The summed E-state index contributed by atoms with van der Waals surface area (Å²) in [6, 6.07) is 1.92. The van der Waals surface area contributed by atoms with Gasteiger partial charge in [-0.15, -0.1) is 0 Å². The van der Waals surface area contributed by atoms with Crippen molar-refractivity contribution < 1.29 is 9.84 Å². The maximum atomic E-state index is 10.2. The van der Waals surface area contributed by atoms with Gasteiger partial charge in [-0.3, -0.25) is 4.98 Å². The fourth-order valence-corrected chi connectivity index (χ4v) is 2.08. The first-order valence-corrected chi connectivity index (χ1v) is 5.51. The fraction of sp³-hybridized carbons (Fsp3) is 0.583. The smallest absolute Gasteiger partial charge is 0.0844 e. The lowest BCUT2D eigenvalue weighted by molar-refractivity contribution is 0.0911. The molecule has 2 rings (SSSR count). The average Bonchev–Trinajstić information content (AvgIpc) is 2.81. The molecule has 82 valence electrons. The van der Waals surface area contributed by atoms with Gasteiger partial charge in [-0.1, -0.05) is 6.92 Å². The lowest BCUT2D eigenvalue weighted by Gasteiger charge is -2.19. The molecule has 1 fully saturated rings. The molecule has 3 nitrogen and oxygen atoms in total. The van der Waals surface area contributed by atoms with Crippen LogP contribution < -0.4 is 0 Å². The molecule has 15 heavy (non-hydrogen) atoms. The number of hydrogen-bond donors (Lipinski definition) is 1. The van der Waals surface area contributed by atoms with E-state index >= 15 is 0 Å². The Morgan fingerprint density at radius 3 is 3.20 bits per heavy atom. The number of aliphatic hydroxyl groups excluding tert-OH is 1. The van der Waals surface area contributed by atoms with E-state index in [0.717, 1.165) is 30.6 Å². The quantitative estimate of drug-likeness (QED) is 0.820. The number of pyridine rings is 1. The standard InChI is InChI=1S/C12H17NO2/c1-2-9-7-13-5-3-11(9)12(14)10-4-6-15-8-10/h3,5,7,10,12,14H,2,4,6,8H2,1H3. The van der Waals surface area contributed by atoms with Crippen LogP contribution in [0.1, 0.15) is 30.6 Å². The Morgan fingerprint density at radius 2 is 2.53 bits per heavy atom. The maximum absolute atomic E-state index is 10.2. The number of hydrogen-bond acceptors (Lipinski definition) is 3. The monoisotopic (exact) mass is 207 g/mol. The number of nitrogens with zero attached hydrogens (tertiary/aromatic N) is 1. The van der Waals surface area contributed by atoms with Gasteiger partial charge < -0.3 is 9.84 Å². The minimum absolute atomic E-state index is 0.248. The van der Waals surface area contributed by atoms with Crippen molar-refractivity contribution in [3.63, 3.8) is 0 Å². The van der Waals surface area contributed by atoms with E-state index < -0.39 is 6.10 Å². The van der Waals surface area contributed by atoms with E-state index in [-0.39, 0.29) is 5.92 Å². The van der Waals surface area contributed by atoms with Crippen molar-refractivity contribution in [2.45, 2.75) is 25.9 Å². The molecule has 0 bridgehead atoms. The zero-order chi connectivity index (χ0) is 10.7. The highest BCUT2D eigenvalue weighted by atomic mass is 16.5. The van der Waals surface area contributed by atoms with Crippen LogP contribution in [-0.2, 0) is 11.2 Å². The first kappa shape index (κ1) is 10.6. The molecule has 0 saturated carbocycles. The lowest BCUT2D eigenvalue weighted by Crippen LogP contribution is -2.14. The Hall–Kier alpha value is -0.930. The van der Waals surface area contributed by atoms with Crippen LogP contribution in [-0.4, -0.2) is 23.3 Å². The fourth-order valence-electron chi connectivity index (χ4n) is 2.08. The van der Waals surface area contributed by atoms with E-state index in [1.807, 2.05) is 12.3 Å². The Bertz CT molecular complexity index is 321. The molecule has 0 amide bonds. The van der Waals surface area contributed by atoms with Crippen LogP contribution in [0.5, 0.6) is 0 Å². The maximum Gasteiger partial charge on any atom is 0.0844 e. The van der Waals surface area contributed by atoms with Gasteiger partial charge in [-0.25, -0.2) is 0 Å². The molecule has 1 aromatic heterocycles. The van der Waals surface area contributed by atoms with Crippen molar-refractivity contribution in [3.8, 4) is 0 Å². The number of rotatable bonds is 3. The summed E-state index contributed by atoms with van der Waals surface area (Å²) in [5.41, 5.74) is 2.15. The van der Waals surface area contributed by atoms with Crippen molar-refractivity contribution in [1.82, 2.24) is 4.98 Å². The minimum atomic E-state index is -0.398. The predicted molar refractivity (Wildman–Crippen MR) is 57.5 cm³/mol. The van der Waals surface area contributed by atoms with E-state index in [9.17, 15) is 5.11 Å². The summed E-state index contributed by atoms with van der Waals surface area (Å²) in [5, 5.41) is 10.2. The molecule has 2 atom stereocenters. The Labute approximate surface area is 90.1 Å². The van der Waals surface area contributed by atoms with Crippen LogP contribution in [0.15, 0.2) is 18.5 Å². The normalized spacial score (nSPS) is 22.9. The van der Waals surface area contributed by atoms with Gasteiger partial charge >= 0.3 is 0 Å². The summed E-state index contributed by atoms with van der Waals surface area (Å²) in [5.74, 6) is 0.248. The molecular weight excluding hydrogens is 190 g/mol. The molecule has 2 unspecified atom stereocenters. The van der Waals surface area contributed by atoms with Crippen LogP contribution >= 0.6 is 0 Å². The van der Waals surface area contributed by atoms with E-state index in [4.69, 9.17) is 4.74 Å². The summed E-state index contributed by atoms with van der Waals surface area (Å²) in [7, 11) is 0. The van der Waals surface area contributed by atoms with Gasteiger partial charge in [0.15, 0.2) is 0 Å². The summed E-state index contributed by atoms with van der Waals surface area (Å²) < 4.78 is 5.30. The summed E-state index contributed by atoms with van der Waals surface area (Å²) in [6.07, 6.45) is 5.05. The van der Waals surface area contributed by atoms with Gasteiger partial charge in [0.2, 0.25) is 0 Å². The average molecular weight is 207 g/mol. The van der Waals surface area contributed by atoms with E-state index in [1.54, 1.807) is 6.20 Å². The molecule has 3 heteroatoms. The van der Waals surface area contributed by atoms with Crippen molar-refractivity contribution in [2.24, 2.45) is 5.92 Å². The Balaban J connectivity index is 2.19. The largest absolute Gasteiger partial charge is 0.388 e. The van der Waals surface area contributed by atoms with Gasteiger partial charge in [0.25, 0.3) is 0 Å². The van der Waals surface area contributed by atoms with Gasteiger partial charge in [-0.2, -0.15) is 0 Å². The van der Waals surface area contributed by atoms with Crippen LogP contribution in [0.2, 0.25) is 0 Å². The first-order chi connectivity index (χ1) is 7.33. The van der Waals surface area contributed by atoms with E-state index in [2.05, 4.69) is 11.9 Å². The van der Waals surface area contributed by atoms with Crippen molar-refractivity contribution in [3.05, 3.63) is 29.6 Å². The van der Waals surface area contributed by atoms with Crippen LogP contribution in [0.4, 0.5) is 0 Å². The summed E-state index contributed by atoms with van der Waals surface area (Å²) >= 11 is 0. The van der Waals surface area contributed by atoms with Gasteiger partial charge in [0.05, 0.1) is 12.7 Å². The molecule has 0 radical (unpaired) electrons. The molecule has 1 aliphatic heterocycles. The molecule has 1 saturated heterocycles. The zero-order valence-corrected chi connectivity index (χ0v) is 9.02. The highest BCUT2D eigenvalue weighted by Crippen LogP contribution is 2.30. The molecule has 1 aliphatic rings. The first-order valence-electron chi connectivity index (χ1n) is 5.51. The van der Waals surface area contributed by atoms with Gasteiger partial charge in [-0.05, 0) is 30.0 Å². The Morgan fingerprint density at radius 1 is 1.67 bits per heavy atom. The SMILES string of the molecule is CCc1cnccc1C(O)C1CCOC1.